The molecule has 0 aliphatic carbocycles. The Hall–Kier alpha value is -11.5. The normalized spacial score (nSPS) is 11.1. The molecule has 0 aliphatic rings. The van der Waals surface area contributed by atoms with Crippen LogP contribution in [0, 0.1) is 69.2 Å². The van der Waals surface area contributed by atoms with Crippen LogP contribution >= 0.6 is 0 Å². The monoisotopic (exact) mass is 1450 g/mol. The minimum Gasteiger partial charge on any atom is -0.264 e. The fraction of sp³-hybridized carbons (Fsp3) is 0.255. The molecule has 0 spiro atoms. The average Bonchev–Trinajstić information content (AvgIpc) is 0.769. The lowest BCUT2D eigenvalue weighted by Crippen LogP contribution is -2.31. The van der Waals surface area contributed by atoms with Gasteiger partial charge in [-0.05, 0) is 241 Å². The highest BCUT2D eigenvalue weighted by Crippen LogP contribution is 2.43. The number of hydrogen-bond donors (Lipinski definition) is 0. The summed E-state index contributed by atoms with van der Waals surface area (Å²) in [5.74, 6) is 1.95. The number of rotatable bonds is 14. The van der Waals surface area contributed by atoms with Crippen LogP contribution < -0.4 is 18.3 Å². The molecule has 0 saturated carbocycles. The van der Waals surface area contributed by atoms with Gasteiger partial charge in [0.25, 0.3) is 0 Å². The maximum absolute atomic E-state index is 4.77. The minimum absolute atomic E-state index is 0.482. The van der Waals surface area contributed by atoms with E-state index in [0.29, 0.717) is 23.7 Å². The van der Waals surface area contributed by atoms with Crippen LogP contribution in [0.1, 0.15) is 157 Å². The molecule has 0 fully saturated rings. The van der Waals surface area contributed by atoms with Gasteiger partial charge in [0.2, 0.25) is 22.8 Å². The first kappa shape index (κ1) is 79.6. The van der Waals surface area contributed by atoms with Crippen LogP contribution in [0.5, 0.6) is 0 Å². The van der Waals surface area contributed by atoms with E-state index in [1.807, 2.05) is 24.8 Å². The highest BCUT2D eigenvalue weighted by Gasteiger charge is 2.26. The Morgan fingerprint density at radius 2 is 0.609 bits per heavy atom. The van der Waals surface area contributed by atoms with Gasteiger partial charge in [-0.3, -0.25) is 19.9 Å². The van der Waals surface area contributed by atoms with E-state index in [1.54, 1.807) is 0 Å². The molecular weight excluding hydrogens is 1340 g/mol. The second-order valence-corrected chi connectivity index (χ2v) is 31.1. The predicted octanol–water partition coefficient (Wildman–Crippen LogP) is 23.9. The van der Waals surface area contributed by atoms with Crippen LogP contribution in [-0.2, 0) is 28.2 Å². The summed E-state index contributed by atoms with van der Waals surface area (Å²) in [4.78, 5) is 18.1. The summed E-state index contributed by atoms with van der Waals surface area (Å²) in [6.07, 6.45) is 16.4. The van der Waals surface area contributed by atoms with E-state index in [-0.39, 0.29) is 0 Å². The van der Waals surface area contributed by atoms with Crippen LogP contribution in [0.3, 0.4) is 0 Å². The zero-order valence-electron chi connectivity index (χ0n) is 69.1. The Kier molecular flexibility index (Phi) is 25.5. The molecule has 0 aliphatic heterocycles. The van der Waals surface area contributed by atoms with E-state index < -0.39 is 0 Å². The first-order valence-corrected chi connectivity index (χ1v) is 39.0. The lowest BCUT2D eigenvalue weighted by Gasteiger charge is -2.20. The van der Waals surface area contributed by atoms with Crippen LogP contribution in [0.25, 0.3) is 112 Å². The fourth-order valence-corrected chi connectivity index (χ4v) is 15.9. The molecular formula is C102H112N8+4. The molecule has 6 aromatic carbocycles. The van der Waals surface area contributed by atoms with Crippen molar-refractivity contribution in [3.05, 3.63) is 334 Å². The number of aromatic nitrogens is 8. The van der Waals surface area contributed by atoms with Crippen molar-refractivity contribution in [2.75, 3.05) is 0 Å². The largest absolute Gasteiger partial charge is 0.264 e. The van der Waals surface area contributed by atoms with E-state index in [2.05, 4.69) is 412 Å². The summed E-state index contributed by atoms with van der Waals surface area (Å²) in [6.45, 7) is 39.5. The van der Waals surface area contributed by atoms with Crippen molar-refractivity contribution in [1.29, 1.82) is 0 Å². The van der Waals surface area contributed by atoms with Crippen LogP contribution in [0.2, 0.25) is 0 Å². The number of nitrogens with zero attached hydrogens (tertiary/aromatic N) is 8. The first-order valence-electron chi connectivity index (χ1n) is 39.0. The third-order valence-corrected chi connectivity index (χ3v) is 21.4. The second-order valence-electron chi connectivity index (χ2n) is 31.1. The van der Waals surface area contributed by atoms with Crippen LogP contribution in [0.15, 0.2) is 256 Å². The molecule has 0 bridgehead atoms. The second kappa shape index (κ2) is 35.3. The summed E-state index contributed by atoms with van der Waals surface area (Å²) in [7, 11) is 8.45. The van der Waals surface area contributed by atoms with Gasteiger partial charge in [-0.25, -0.2) is 18.3 Å². The molecule has 8 aromatic heterocycles. The minimum atomic E-state index is 0.482. The Balaban J connectivity index is 0.000000147. The van der Waals surface area contributed by atoms with E-state index in [4.69, 9.17) is 9.97 Å². The van der Waals surface area contributed by atoms with Crippen molar-refractivity contribution in [2.45, 2.75) is 148 Å². The highest BCUT2D eigenvalue weighted by molar-refractivity contribution is 5.95. The maximum Gasteiger partial charge on any atom is 0.214 e. The molecule has 556 valence electrons. The van der Waals surface area contributed by atoms with E-state index in [0.717, 1.165) is 22.8 Å². The lowest BCUT2D eigenvalue weighted by molar-refractivity contribution is -0.660. The molecule has 0 atom stereocenters. The Labute approximate surface area is 656 Å². The average molecular weight is 1450 g/mol. The molecule has 8 heteroatoms. The van der Waals surface area contributed by atoms with Crippen molar-refractivity contribution in [2.24, 2.45) is 28.2 Å². The lowest BCUT2D eigenvalue weighted by atomic mass is 9.85. The Morgan fingerprint density at radius 3 is 0.973 bits per heavy atom. The molecule has 0 radical (unpaired) electrons. The molecule has 8 nitrogen and oxygen atoms in total. The maximum atomic E-state index is 4.77. The topological polar surface area (TPSA) is 67.1 Å². The van der Waals surface area contributed by atoms with Gasteiger partial charge in [0.15, 0.2) is 24.8 Å². The van der Waals surface area contributed by atoms with Crippen molar-refractivity contribution >= 4 is 0 Å². The summed E-state index contributed by atoms with van der Waals surface area (Å²) in [5.41, 5.74) is 42.4. The quantitative estimate of drug-likeness (QED) is 0.102. The molecule has 0 unspecified atom stereocenters. The first-order chi connectivity index (χ1) is 52.7. The SMILES string of the molecule is Cc1cc(C)c(-c2cc(-c3c(-c4ccccc4)cccc3-c3ccccc3)cc[n+]2C)c(C)n1.Cc1cc(C)c(-c2cc(-c3c(C(C)C)cccc3C(C)C)cc[n+]2C)c(C)n1.Cc1ccncc1-c1ccc(-c2c(C(C)C)cccc2C(C)C)c[n+]1C.Cc1ccncc1-c1ccc(-c2c(C)cccc2C)c[n+]1C. The Bertz CT molecular complexity index is 5430. The molecule has 0 saturated heterocycles. The van der Waals surface area contributed by atoms with Gasteiger partial charge in [0.05, 0.1) is 33.6 Å². The van der Waals surface area contributed by atoms with Gasteiger partial charge >= 0.3 is 0 Å². The summed E-state index contributed by atoms with van der Waals surface area (Å²) >= 11 is 0. The fourth-order valence-electron chi connectivity index (χ4n) is 15.9. The smallest absolute Gasteiger partial charge is 0.214 e. The number of hydrogen-bond acceptors (Lipinski definition) is 4. The van der Waals surface area contributed by atoms with Crippen molar-refractivity contribution in [3.63, 3.8) is 0 Å². The van der Waals surface area contributed by atoms with Gasteiger partial charge in [-0.2, -0.15) is 0 Å². The van der Waals surface area contributed by atoms with Gasteiger partial charge < -0.3 is 0 Å². The predicted molar refractivity (Wildman–Crippen MR) is 460 cm³/mol. The highest BCUT2D eigenvalue weighted by atomic mass is 14.9. The number of aryl methyl sites for hydroxylation is 14. The molecule has 14 rings (SSSR count). The molecule has 110 heavy (non-hydrogen) atoms. The van der Waals surface area contributed by atoms with Gasteiger partial charge in [-0.1, -0.05) is 189 Å². The van der Waals surface area contributed by atoms with Gasteiger partial charge in [0, 0.05) is 83.7 Å². The zero-order valence-corrected chi connectivity index (χ0v) is 69.1. The molecule has 14 aromatic rings. The van der Waals surface area contributed by atoms with Crippen molar-refractivity contribution in [1.82, 2.24) is 19.9 Å². The standard InChI is InChI=1S/C32H29N2.C26H33N2.C24H29N2.C20H21N2/c1-22-20-23(2)33-24(3)31(22)30-21-27(18-19-34(30)4)32-28(25-12-7-5-8-13-25)16-11-17-29(32)26-14-9-6-10-15-26;1-16(2)22-10-9-11-23(17(3)4)26(22)21-12-13-28(8)24(15-21)25-18(5)14-19(6)27-20(25)7;1-16(2)20-8-7-9-21(17(3)4)24(20)19-10-11-23(26(6)15-19)22-14-25-13-12-18(22)5;1-14-10-11-21-12-18(14)19-9-8-17(13-22(19)4)20-15(2)6-5-7-16(20)3/h5-21H,1-4H3;9-17H,1-8H3;7-17H,1-6H3;5-13H,1-4H3/q4*+1. The van der Waals surface area contributed by atoms with Gasteiger partial charge in [-0.15, -0.1) is 0 Å². The van der Waals surface area contributed by atoms with E-state index in [9.17, 15) is 0 Å². The van der Waals surface area contributed by atoms with Crippen LogP contribution in [0.4, 0.5) is 0 Å². The van der Waals surface area contributed by atoms with E-state index >= 15 is 0 Å². The molecule has 8 heterocycles. The van der Waals surface area contributed by atoms with E-state index in [1.165, 1.54) is 167 Å². The van der Waals surface area contributed by atoms with Crippen LogP contribution in [-0.4, -0.2) is 19.9 Å². The molecule has 0 amide bonds. The number of pyridine rings is 8. The summed E-state index contributed by atoms with van der Waals surface area (Å²) in [5, 5.41) is 0. The summed E-state index contributed by atoms with van der Waals surface area (Å²) < 4.78 is 8.82. The number of benzene rings is 6. The third-order valence-electron chi connectivity index (χ3n) is 21.4. The van der Waals surface area contributed by atoms with Gasteiger partial charge in [0.1, 0.15) is 28.2 Å². The Morgan fingerprint density at radius 1 is 0.255 bits per heavy atom. The zero-order chi connectivity index (χ0) is 78.8. The van der Waals surface area contributed by atoms with Crippen molar-refractivity contribution in [3.8, 4) is 112 Å². The summed E-state index contributed by atoms with van der Waals surface area (Å²) in [6, 6.07) is 74.4. The van der Waals surface area contributed by atoms with Crippen molar-refractivity contribution < 1.29 is 18.3 Å². The molecule has 0 N–H and O–H groups in total. The third kappa shape index (κ3) is 17.8.